The quantitative estimate of drug-likeness (QED) is 0.695. The average molecular weight is 351 g/mol. The van der Waals surface area contributed by atoms with Crippen LogP contribution in [0.25, 0.3) is 11.0 Å². The monoisotopic (exact) mass is 349 g/mol. The largest absolute Gasteiger partial charge is 0.453 e. The summed E-state index contributed by atoms with van der Waals surface area (Å²) in [6.45, 7) is 0. The van der Waals surface area contributed by atoms with Crippen LogP contribution in [0.2, 0.25) is 5.02 Å². The lowest BCUT2D eigenvalue weighted by Crippen LogP contribution is -1.92. The zero-order chi connectivity index (χ0) is 14.1. The van der Waals surface area contributed by atoms with Gasteiger partial charge >= 0.3 is 0 Å². The minimum Gasteiger partial charge on any atom is -0.453 e. The molecule has 0 unspecified atom stereocenters. The molecule has 0 aliphatic rings. The first kappa shape index (κ1) is 13.1. The van der Waals surface area contributed by atoms with Crippen molar-refractivity contribution in [2.75, 3.05) is 5.73 Å². The highest BCUT2D eigenvalue weighted by molar-refractivity contribution is 9.10. The van der Waals surface area contributed by atoms with E-state index in [0.29, 0.717) is 27.7 Å². The SMILES string of the molecule is Nc1ccc(Oc2ccnc3cc(Br)cnc23)c(Cl)c1. The van der Waals surface area contributed by atoms with Crippen molar-refractivity contribution in [1.29, 1.82) is 0 Å². The molecule has 2 N–H and O–H groups in total. The maximum atomic E-state index is 6.11. The molecule has 0 aliphatic heterocycles. The third-order valence-corrected chi connectivity index (χ3v) is 3.41. The minimum atomic E-state index is 0.451. The first-order valence-electron chi connectivity index (χ1n) is 5.76. The second-order valence-corrected chi connectivity index (χ2v) is 5.45. The number of hydrogen-bond donors (Lipinski definition) is 1. The van der Waals surface area contributed by atoms with Gasteiger partial charge in [0, 0.05) is 28.6 Å². The molecule has 0 atom stereocenters. The van der Waals surface area contributed by atoms with Crippen molar-refractivity contribution in [3.05, 3.63) is 52.2 Å². The van der Waals surface area contributed by atoms with Crippen molar-refractivity contribution in [2.45, 2.75) is 0 Å². The van der Waals surface area contributed by atoms with Crippen LogP contribution in [-0.2, 0) is 0 Å². The fourth-order valence-corrected chi connectivity index (χ4v) is 2.33. The third kappa shape index (κ3) is 2.55. The van der Waals surface area contributed by atoms with Crippen LogP contribution in [0.3, 0.4) is 0 Å². The number of ether oxygens (including phenoxy) is 1. The van der Waals surface area contributed by atoms with Gasteiger partial charge in [-0.05, 0) is 40.2 Å². The summed E-state index contributed by atoms with van der Waals surface area (Å²) in [5, 5.41) is 0.451. The van der Waals surface area contributed by atoms with E-state index in [9.17, 15) is 0 Å². The van der Waals surface area contributed by atoms with Gasteiger partial charge in [-0.2, -0.15) is 0 Å². The van der Waals surface area contributed by atoms with Crippen molar-refractivity contribution in [1.82, 2.24) is 9.97 Å². The molecule has 0 saturated carbocycles. The lowest BCUT2D eigenvalue weighted by molar-refractivity contribution is 0.487. The number of halogens is 2. The third-order valence-electron chi connectivity index (χ3n) is 2.68. The average Bonchev–Trinajstić information content (AvgIpc) is 2.41. The Kier molecular flexibility index (Phi) is 3.46. The molecule has 6 heteroatoms. The van der Waals surface area contributed by atoms with Crippen molar-refractivity contribution in [3.8, 4) is 11.5 Å². The van der Waals surface area contributed by atoms with Crippen LogP contribution < -0.4 is 10.5 Å². The smallest absolute Gasteiger partial charge is 0.156 e. The van der Waals surface area contributed by atoms with Crippen LogP contribution in [0.15, 0.2) is 47.2 Å². The van der Waals surface area contributed by atoms with Gasteiger partial charge in [0.25, 0.3) is 0 Å². The summed E-state index contributed by atoms with van der Waals surface area (Å²) in [7, 11) is 0. The molecular weight excluding hydrogens is 342 g/mol. The summed E-state index contributed by atoms with van der Waals surface area (Å²) in [6, 6.07) is 8.72. The number of anilines is 1. The normalized spacial score (nSPS) is 10.7. The summed E-state index contributed by atoms with van der Waals surface area (Å²) in [5.41, 5.74) is 7.66. The maximum Gasteiger partial charge on any atom is 0.156 e. The van der Waals surface area contributed by atoms with Crippen LogP contribution >= 0.6 is 27.5 Å². The maximum absolute atomic E-state index is 6.11. The van der Waals surface area contributed by atoms with E-state index in [2.05, 4.69) is 25.9 Å². The number of nitrogens with two attached hydrogens (primary N) is 1. The van der Waals surface area contributed by atoms with Gasteiger partial charge in [0.15, 0.2) is 5.75 Å². The van der Waals surface area contributed by atoms with Crippen molar-refractivity contribution in [3.63, 3.8) is 0 Å². The van der Waals surface area contributed by atoms with E-state index in [4.69, 9.17) is 22.1 Å². The van der Waals surface area contributed by atoms with E-state index in [1.807, 2.05) is 6.07 Å². The Labute approximate surface area is 128 Å². The Morgan fingerprint density at radius 1 is 1.10 bits per heavy atom. The van der Waals surface area contributed by atoms with Crippen molar-refractivity contribution >= 4 is 44.3 Å². The number of nitrogen functional groups attached to an aromatic ring is 1. The highest BCUT2D eigenvalue weighted by atomic mass is 79.9. The Bertz CT molecular complexity index is 794. The van der Waals surface area contributed by atoms with Gasteiger partial charge in [0.2, 0.25) is 0 Å². The molecule has 0 fully saturated rings. The Morgan fingerprint density at radius 3 is 2.75 bits per heavy atom. The highest BCUT2D eigenvalue weighted by Crippen LogP contribution is 2.33. The summed E-state index contributed by atoms with van der Waals surface area (Å²) >= 11 is 9.47. The van der Waals surface area contributed by atoms with Crippen LogP contribution in [0.1, 0.15) is 0 Å². The Hall–Kier alpha value is -1.85. The standard InChI is InChI=1S/C14H9BrClN3O/c15-8-5-11-14(19-7-8)13(3-4-18-11)20-12-2-1-9(17)6-10(12)16/h1-7H,17H2. The first-order chi connectivity index (χ1) is 9.63. The van der Waals surface area contributed by atoms with Gasteiger partial charge in [0.05, 0.1) is 10.5 Å². The van der Waals surface area contributed by atoms with Gasteiger partial charge in [-0.25, -0.2) is 4.98 Å². The molecule has 1 aromatic carbocycles. The van der Waals surface area contributed by atoms with E-state index in [-0.39, 0.29) is 0 Å². The van der Waals surface area contributed by atoms with Crippen molar-refractivity contribution in [2.24, 2.45) is 0 Å². The van der Waals surface area contributed by atoms with Gasteiger partial charge < -0.3 is 10.5 Å². The predicted octanol–water partition coefficient (Wildman–Crippen LogP) is 4.42. The van der Waals surface area contributed by atoms with Gasteiger partial charge in [-0.15, -0.1) is 0 Å². The number of nitrogens with zero attached hydrogens (tertiary/aromatic N) is 2. The lowest BCUT2D eigenvalue weighted by Gasteiger charge is -2.09. The number of aromatic nitrogens is 2. The fourth-order valence-electron chi connectivity index (χ4n) is 1.78. The zero-order valence-electron chi connectivity index (χ0n) is 10.2. The number of benzene rings is 1. The van der Waals surface area contributed by atoms with Crippen molar-refractivity contribution < 1.29 is 4.74 Å². The fraction of sp³-hybridized carbons (Fsp3) is 0. The summed E-state index contributed by atoms with van der Waals surface area (Å²) < 4.78 is 6.67. The molecule has 0 spiro atoms. The van der Waals surface area contributed by atoms with Gasteiger partial charge in [-0.1, -0.05) is 11.6 Å². The van der Waals surface area contributed by atoms with E-state index in [1.165, 1.54) is 0 Å². The first-order valence-corrected chi connectivity index (χ1v) is 6.94. The zero-order valence-corrected chi connectivity index (χ0v) is 12.5. The van der Waals surface area contributed by atoms with Crippen LogP contribution in [0.5, 0.6) is 11.5 Å². The summed E-state index contributed by atoms with van der Waals surface area (Å²) in [5.74, 6) is 1.12. The van der Waals surface area contributed by atoms with E-state index < -0.39 is 0 Å². The Balaban J connectivity index is 2.06. The molecule has 0 radical (unpaired) electrons. The molecule has 20 heavy (non-hydrogen) atoms. The lowest BCUT2D eigenvalue weighted by atomic mass is 10.3. The topological polar surface area (TPSA) is 61.0 Å². The summed E-state index contributed by atoms with van der Waals surface area (Å²) in [4.78, 5) is 8.58. The molecule has 2 heterocycles. The Morgan fingerprint density at radius 2 is 1.95 bits per heavy atom. The van der Waals surface area contributed by atoms with Crippen LogP contribution in [0.4, 0.5) is 5.69 Å². The van der Waals surface area contributed by atoms with Gasteiger partial charge in [0.1, 0.15) is 11.3 Å². The molecular formula is C14H9BrClN3O. The molecule has 0 aliphatic carbocycles. The molecule has 0 saturated heterocycles. The van der Waals surface area contributed by atoms with Gasteiger partial charge in [-0.3, -0.25) is 4.98 Å². The molecule has 0 bridgehead atoms. The molecule has 3 aromatic rings. The van der Waals surface area contributed by atoms with Crippen LogP contribution in [0, 0.1) is 0 Å². The molecule has 100 valence electrons. The highest BCUT2D eigenvalue weighted by Gasteiger charge is 2.09. The second-order valence-electron chi connectivity index (χ2n) is 4.12. The number of rotatable bonds is 2. The predicted molar refractivity (Wildman–Crippen MR) is 83.2 cm³/mol. The number of hydrogen-bond acceptors (Lipinski definition) is 4. The van der Waals surface area contributed by atoms with E-state index in [1.54, 1.807) is 36.7 Å². The molecule has 0 amide bonds. The van der Waals surface area contributed by atoms with E-state index in [0.717, 1.165) is 9.99 Å². The second kappa shape index (κ2) is 5.26. The van der Waals surface area contributed by atoms with Crippen LogP contribution in [-0.4, -0.2) is 9.97 Å². The van der Waals surface area contributed by atoms with E-state index >= 15 is 0 Å². The number of fused-ring (bicyclic) bond motifs is 1. The molecule has 3 rings (SSSR count). The molecule has 4 nitrogen and oxygen atoms in total. The summed E-state index contributed by atoms with van der Waals surface area (Å²) in [6.07, 6.45) is 3.36. The minimum absolute atomic E-state index is 0.451. The molecule has 2 aromatic heterocycles. The number of pyridine rings is 2.